The second-order valence-corrected chi connectivity index (χ2v) is 20.3. The Labute approximate surface area is 463 Å². The van der Waals surface area contributed by atoms with Crippen molar-refractivity contribution in [3.05, 3.63) is 157 Å². The molecule has 0 saturated carbocycles. The minimum Gasteiger partial charge on any atom is -0.507 e. The van der Waals surface area contributed by atoms with Gasteiger partial charge in [-0.2, -0.15) is 0 Å². The molecular weight excluding hydrogens is 1050 g/mol. The maximum Gasteiger partial charge on any atom is 0.136 e. The first-order valence-electron chi connectivity index (χ1n) is 27.6. The summed E-state index contributed by atoms with van der Waals surface area (Å²) in [6.07, 6.45) is 25.0. The van der Waals surface area contributed by atoms with Crippen LogP contribution >= 0.6 is 22.6 Å². The Balaban J connectivity index is 1.26. The van der Waals surface area contributed by atoms with E-state index in [0.29, 0.717) is 67.5 Å². The number of fused-ring (bicyclic) bond motifs is 2. The summed E-state index contributed by atoms with van der Waals surface area (Å²) >= 11 is 2.35. The zero-order valence-electron chi connectivity index (χ0n) is 44.6. The van der Waals surface area contributed by atoms with E-state index >= 15 is 0 Å². The van der Waals surface area contributed by atoms with Crippen LogP contribution in [0.5, 0.6) is 17.2 Å². The molecule has 9 heteroatoms. The van der Waals surface area contributed by atoms with E-state index in [0.717, 1.165) is 63.0 Å². The molecule has 0 aromatic heterocycles. The van der Waals surface area contributed by atoms with E-state index in [1.165, 1.54) is 77.0 Å². The van der Waals surface area contributed by atoms with Crippen LogP contribution in [0.15, 0.2) is 103 Å². The Hall–Kier alpha value is -5.29. The first kappa shape index (κ1) is 59.0. The molecule has 75 heavy (non-hydrogen) atoms. The number of hydrogen-bond acceptors (Lipinski definition) is 8. The lowest BCUT2D eigenvalue weighted by Gasteiger charge is -2.21. The highest BCUT2D eigenvalue weighted by Gasteiger charge is 2.18. The number of halogens is 1. The monoisotopic (exact) mass is 1130 g/mol. The third-order valence-electron chi connectivity index (χ3n) is 13.2. The van der Waals surface area contributed by atoms with Gasteiger partial charge in [-0.15, -0.1) is 6.42 Å². The molecule has 1 N–H and O–H groups in total. The Bertz CT molecular complexity index is 2520. The van der Waals surface area contributed by atoms with E-state index in [1.54, 1.807) is 0 Å². The number of ether oxygens (including phenoxy) is 7. The first-order chi connectivity index (χ1) is 36.9. The van der Waals surface area contributed by atoms with Gasteiger partial charge >= 0.3 is 0 Å². The van der Waals surface area contributed by atoms with E-state index in [9.17, 15) is 5.11 Å². The highest BCUT2D eigenvalue weighted by molar-refractivity contribution is 14.1. The van der Waals surface area contributed by atoms with Gasteiger partial charge < -0.3 is 38.3 Å². The number of unbranched alkanes of at least 4 members (excludes halogenated alkanes) is 14. The predicted molar refractivity (Wildman–Crippen MR) is 310 cm³/mol. The summed E-state index contributed by atoms with van der Waals surface area (Å²) in [5.41, 5.74) is 6.64. The van der Waals surface area contributed by atoms with Crippen LogP contribution in [0.1, 0.15) is 179 Å². The van der Waals surface area contributed by atoms with Gasteiger partial charge in [0.05, 0.1) is 75.2 Å². The van der Waals surface area contributed by atoms with Gasteiger partial charge in [0.25, 0.3) is 0 Å². The normalized spacial score (nSPS) is 15.5. The quantitative estimate of drug-likeness (QED) is 0.0417. The Morgan fingerprint density at radius 3 is 1.53 bits per heavy atom. The average Bonchev–Trinajstić information content (AvgIpc) is 3.43. The zero-order chi connectivity index (χ0) is 52.6. The van der Waals surface area contributed by atoms with Gasteiger partial charge in [-0.25, -0.2) is 0 Å². The smallest absolute Gasteiger partial charge is 0.136 e. The minimum atomic E-state index is -0.348. The number of terminal acetylenes is 1. The van der Waals surface area contributed by atoms with Crippen LogP contribution in [0.2, 0.25) is 0 Å². The molecule has 1 heterocycles. The molecule has 0 fully saturated rings. The third kappa shape index (κ3) is 21.3. The Morgan fingerprint density at radius 2 is 1.00 bits per heavy atom. The predicted octanol–water partition coefficient (Wildman–Crippen LogP) is 15.4. The molecule has 8 nitrogen and oxygen atoms in total. The molecule has 0 amide bonds. The number of rotatable bonds is 22. The van der Waals surface area contributed by atoms with E-state index in [-0.39, 0.29) is 44.4 Å². The van der Waals surface area contributed by atoms with Crippen molar-refractivity contribution in [2.24, 2.45) is 0 Å². The average molecular weight is 1130 g/mol. The lowest BCUT2D eigenvalue weighted by molar-refractivity contribution is -0.0646. The van der Waals surface area contributed by atoms with Crippen LogP contribution in [-0.2, 0) is 36.9 Å². The molecule has 1 aliphatic rings. The molecule has 6 rings (SSSR count). The SMILES string of the molecule is C#Cc1ccc(C#Cc2cc(OCCCCCCCCCC)c(I)cc2OCCCCCCCCCC)c(C#Cc2cc3c(O)c(c2)COC[C@H](c2ccccc2)OCCOCCO[C@@H](c2ccccc2)COC3)c1. The van der Waals surface area contributed by atoms with E-state index in [1.807, 2.05) is 97.1 Å². The molecule has 5 aromatic carbocycles. The fourth-order valence-electron chi connectivity index (χ4n) is 8.84. The third-order valence-corrected chi connectivity index (χ3v) is 14.0. The van der Waals surface area contributed by atoms with E-state index < -0.39 is 0 Å². The minimum absolute atomic E-state index is 0.0874. The molecule has 0 saturated heterocycles. The van der Waals surface area contributed by atoms with Crippen molar-refractivity contribution in [2.45, 2.75) is 142 Å². The number of hydrogen-bond donors (Lipinski definition) is 1. The first-order valence-corrected chi connectivity index (χ1v) is 28.7. The topological polar surface area (TPSA) is 84.8 Å². The number of phenols is 1. The van der Waals surface area contributed by atoms with Gasteiger partial charge in [-0.3, -0.25) is 0 Å². The van der Waals surface area contributed by atoms with Crippen molar-refractivity contribution in [1.29, 1.82) is 0 Å². The van der Waals surface area contributed by atoms with Gasteiger partial charge in [0.15, 0.2) is 0 Å². The maximum absolute atomic E-state index is 11.8. The number of benzene rings is 5. The molecule has 0 radical (unpaired) electrons. The zero-order valence-corrected chi connectivity index (χ0v) is 46.8. The highest BCUT2D eigenvalue weighted by Crippen LogP contribution is 2.32. The summed E-state index contributed by atoms with van der Waals surface area (Å²) in [6.45, 7) is 8.08. The van der Waals surface area contributed by atoms with Crippen LogP contribution in [0.3, 0.4) is 0 Å². The second kappa shape index (κ2) is 35.1. The van der Waals surface area contributed by atoms with E-state index in [4.69, 9.17) is 39.6 Å². The van der Waals surface area contributed by atoms with E-state index in [2.05, 4.69) is 72.1 Å². The summed E-state index contributed by atoms with van der Waals surface area (Å²) < 4.78 is 45.0. The van der Waals surface area contributed by atoms with Crippen LogP contribution in [0.4, 0.5) is 0 Å². The number of aromatic hydroxyl groups is 1. The van der Waals surface area contributed by atoms with Crippen molar-refractivity contribution in [3.8, 4) is 53.3 Å². The van der Waals surface area contributed by atoms with Crippen molar-refractivity contribution < 1.29 is 38.3 Å². The van der Waals surface area contributed by atoms with Gasteiger partial charge in [-0.1, -0.05) is 194 Å². The van der Waals surface area contributed by atoms with Crippen LogP contribution < -0.4 is 9.47 Å². The van der Waals surface area contributed by atoms with Crippen LogP contribution in [-0.4, -0.2) is 58.0 Å². The fraction of sp³-hybridized carbons (Fsp3) is 0.455. The molecule has 0 spiro atoms. The molecule has 1 aliphatic heterocycles. The Morgan fingerprint density at radius 1 is 0.507 bits per heavy atom. The van der Waals surface area contributed by atoms with Crippen LogP contribution in [0.25, 0.3) is 0 Å². The number of phenolic OH excluding ortho intramolecular Hbond substituents is 1. The molecule has 2 bridgehead atoms. The highest BCUT2D eigenvalue weighted by atomic mass is 127. The lowest BCUT2D eigenvalue weighted by Crippen LogP contribution is -2.18. The van der Waals surface area contributed by atoms with Gasteiger partial charge in [0, 0.05) is 39.4 Å². The van der Waals surface area contributed by atoms with Gasteiger partial charge in [0.1, 0.15) is 29.5 Å². The standard InChI is InChI=1S/C66H79IO8/c1-4-7-9-11-13-15-17-25-37-72-62-47-61(67)63(73-38-26-18-16-14-12-10-8-5-2)46-58(62)36-35-54-33-31-52(6-3)43-57(54)34-32-53-44-59-48-70-50-64(55-27-21-19-22-28-55)74-41-39-69-40-42-75-65(56-29-23-20-24-30-56)51-71-49-60(45-53)66(59)68/h3,19-24,27-31,33,43-47,64-65,68H,4-5,7-18,25-26,37-42,48-51H2,1-2H3/t64-,65-/m1/s1. The van der Waals surface area contributed by atoms with Crippen molar-refractivity contribution in [3.63, 3.8) is 0 Å². The van der Waals surface area contributed by atoms with Crippen molar-refractivity contribution in [1.82, 2.24) is 0 Å². The molecule has 2 atom stereocenters. The van der Waals surface area contributed by atoms with Crippen LogP contribution in [0, 0.1) is 39.6 Å². The molecular formula is C66H79IO8. The summed E-state index contributed by atoms with van der Waals surface area (Å²) in [5.74, 6) is 18.1. The summed E-state index contributed by atoms with van der Waals surface area (Å²) in [7, 11) is 0. The second-order valence-electron chi connectivity index (χ2n) is 19.2. The van der Waals surface area contributed by atoms with Gasteiger partial charge in [-0.05, 0) is 83.0 Å². The largest absolute Gasteiger partial charge is 0.507 e. The molecule has 0 unspecified atom stereocenters. The molecule has 0 aliphatic carbocycles. The fourth-order valence-corrected chi connectivity index (χ4v) is 9.44. The van der Waals surface area contributed by atoms with Crippen molar-refractivity contribution in [2.75, 3.05) is 52.9 Å². The summed E-state index contributed by atoms with van der Waals surface area (Å²) in [5, 5.41) is 11.8. The summed E-state index contributed by atoms with van der Waals surface area (Å²) in [6, 6.07) is 33.5. The van der Waals surface area contributed by atoms with Crippen molar-refractivity contribution >= 4 is 22.6 Å². The lowest BCUT2D eigenvalue weighted by atomic mass is 10.0. The summed E-state index contributed by atoms with van der Waals surface area (Å²) in [4.78, 5) is 0. The molecule has 398 valence electrons. The molecule has 5 aromatic rings. The maximum atomic E-state index is 11.8. The Kier molecular flexibility index (Phi) is 27.6. The van der Waals surface area contributed by atoms with Gasteiger partial charge in [0.2, 0.25) is 0 Å².